The lowest BCUT2D eigenvalue weighted by Crippen LogP contribution is -1.95. The van der Waals surface area contributed by atoms with Crippen molar-refractivity contribution in [1.82, 2.24) is 0 Å². The molecule has 0 atom stereocenters. The highest BCUT2D eigenvalue weighted by Gasteiger charge is 2.14. The van der Waals surface area contributed by atoms with E-state index in [0.29, 0.717) is 11.2 Å². The van der Waals surface area contributed by atoms with Crippen LogP contribution in [-0.4, -0.2) is 10.9 Å². The molecule has 2 aromatic carbocycles. The maximum atomic E-state index is 10.9. The van der Waals surface area contributed by atoms with Gasteiger partial charge >= 0.3 is 10.9 Å². The van der Waals surface area contributed by atoms with E-state index in [1.165, 1.54) is 6.07 Å². The van der Waals surface area contributed by atoms with Gasteiger partial charge < -0.3 is 13.9 Å². The van der Waals surface area contributed by atoms with Crippen molar-refractivity contribution in [1.29, 1.82) is 0 Å². The van der Waals surface area contributed by atoms with Crippen molar-refractivity contribution in [3.63, 3.8) is 0 Å². The van der Waals surface area contributed by atoms with Gasteiger partial charge in [-0.2, -0.15) is 0 Å². The van der Waals surface area contributed by atoms with Crippen LogP contribution in [0.4, 0.5) is 9.59 Å². The largest absolute Gasteiger partial charge is 0.452 e. The highest BCUT2D eigenvalue weighted by atomic mass is 35.5. The molecule has 0 spiro atoms. The Morgan fingerprint density at radius 1 is 0.952 bits per heavy atom. The number of carbonyl (C=O) groups excluding carboxylic acids is 2. The first-order valence-electron chi connectivity index (χ1n) is 5.74. The normalized spacial score (nSPS) is 10.8. The van der Waals surface area contributed by atoms with Crippen molar-refractivity contribution in [3.8, 4) is 11.5 Å². The van der Waals surface area contributed by atoms with Crippen LogP contribution in [0.1, 0.15) is 0 Å². The number of furan rings is 1. The lowest BCUT2D eigenvalue weighted by atomic mass is 10.1. The van der Waals surface area contributed by atoms with E-state index in [1.807, 2.05) is 0 Å². The first kappa shape index (κ1) is 13.7. The summed E-state index contributed by atoms with van der Waals surface area (Å²) < 4.78 is 15.3. The van der Waals surface area contributed by atoms with Gasteiger partial charge in [-0.15, -0.1) is 0 Å². The third kappa shape index (κ3) is 2.66. The topological polar surface area (TPSA) is 65.7 Å². The summed E-state index contributed by atoms with van der Waals surface area (Å²) in [6.45, 7) is 0. The van der Waals surface area contributed by atoms with Crippen LogP contribution in [0.5, 0.6) is 11.5 Å². The van der Waals surface area contributed by atoms with Crippen molar-refractivity contribution >= 4 is 56.0 Å². The number of carbonyl (C=O) groups is 2. The summed E-state index contributed by atoms with van der Waals surface area (Å²) in [6.07, 6.45) is 0. The molecule has 1 heterocycles. The maximum absolute atomic E-state index is 10.9. The van der Waals surface area contributed by atoms with Gasteiger partial charge in [0.15, 0.2) is 11.3 Å². The number of hydrogen-bond donors (Lipinski definition) is 0. The number of halogens is 2. The fourth-order valence-electron chi connectivity index (χ4n) is 2.08. The molecule has 0 fully saturated rings. The standard InChI is InChI=1S/C14H6Cl2O5/c15-13(17)19-7-4-5-8-9-2-1-3-10(21-14(16)18)12(9)20-11(8)6-7/h1-6H. The number of hydrogen-bond acceptors (Lipinski definition) is 5. The first-order chi connectivity index (χ1) is 10.0. The summed E-state index contributed by atoms with van der Waals surface area (Å²) in [7, 11) is 0. The summed E-state index contributed by atoms with van der Waals surface area (Å²) in [5.41, 5.74) is -1.07. The Labute approximate surface area is 127 Å². The molecule has 7 heteroatoms. The Morgan fingerprint density at radius 3 is 2.43 bits per heavy atom. The van der Waals surface area contributed by atoms with E-state index in [9.17, 15) is 9.59 Å². The van der Waals surface area contributed by atoms with Crippen molar-refractivity contribution in [2.75, 3.05) is 0 Å². The Bertz CT molecular complexity index is 868. The zero-order valence-electron chi connectivity index (χ0n) is 10.3. The number of benzene rings is 2. The maximum Gasteiger partial charge on any atom is 0.409 e. The van der Waals surface area contributed by atoms with Crippen molar-refractivity contribution in [3.05, 3.63) is 36.4 Å². The van der Waals surface area contributed by atoms with Gasteiger partial charge in [0, 0.05) is 40.0 Å². The number of para-hydroxylation sites is 1. The third-order valence-electron chi connectivity index (χ3n) is 2.82. The first-order valence-corrected chi connectivity index (χ1v) is 6.50. The molecule has 0 N–H and O–H groups in total. The Hall–Kier alpha value is -2.24. The third-order valence-corrected chi connectivity index (χ3v) is 2.98. The molecule has 0 unspecified atom stereocenters. The van der Waals surface area contributed by atoms with E-state index >= 15 is 0 Å². The molecule has 0 aliphatic heterocycles. The van der Waals surface area contributed by atoms with Crippen molar-refractivity contribution in [2.24, 2.45) is 0 Å². The molecule has 1 aromatic heterocycles. The summed E-state index contributed by atoms with van der Waals surface area (Å²) in [6, 6.07) is 9.88. The minimum absolute atomic E-state index is 0.208. The summed E-state index contributed by atoms with van der Waals surface area (Å²) in [4.78, 5) is 21.6. The lowest BCUT2D eigenvalue weighted by molar-refractivity contribution is 0.224. The Kier molecular flexibility index (Phi) is 3.45. The van der Waals surface area contributed by atoms with E-state index < -0.39 is 10.9 Å². The fraction of sp³-hybridized carbons (Fsp3) is 0. The van der Waals surface area contributed by atoms with Crippen LogP contribution in [0, 0.1) is 0 Å². The Morgan fingerprint density at radius 2 is 1.71 bits per heavy atom. The van der Waals surface area contributed by atoms with Crippen LogP contribution in [0.25, 0.3) is 21.9 Å². The van der Waals surface area contributed by atoms with E-state index in [0.717, 1.165) is 10.8 Å². The minimum Gasteiger partial charge on any atom is -0.452 e. The molecule has 0 aliphatic carbocycles. The van der Waals surface area contributed by atoms with Crippen molar-refractivity contribution in [2.45, 2.75) is 0 Å². The summed E-state index contributed by atoms with van der Waals surface area (Å²) >= 11 is 10.4. The van der Waals surface area contributed by atoms with E-state index in [4.69, 9.17) is 37.1 Å². The number of fused-ring (bicyclic) bond motifs is 3. The second-order valence-corrected chi connectivity index (χ2v) is 4.69. The van der Waals surface area contributed by atoms with Crippen molar-refractivity contribution < 1.29 is 23.5 Å². The van der Waals surface area contributed by atoms with Gasteiger partial charge in [0.1, 0.15) is 11.3 Å². The van der Waals surface area contributed by atoms with Gasteiger partial charge in [-0.05, 0) is 18.2 Å². The van der Waals surface area contributed by atoms with Crippen LogP contribution >= 0.6 is 23.2 Å². The van der Waals surface area contributed by atoms with E-state index in [1.54, 1.807) is 30.3 Å². The van der Waals surface area contributed by atoms with Gasteiger partial charge in [0.25, 0.3) is 0 Å². The molecule has 0 radical (unpaired) electrons. The summed E-state index contributed by atoms with van der Waals surface area (Å²) in [5, 5.41) is 1.51. The second-order valence-electron chi connectivity index (χ2n) is 4.07. The average Bonchev–Trinajstić information content (AvgIpc) is 2.76. The quantitative estimate of drug-likeness (QED) is 0.616. The highest BCUT2D eigenvalue weighted by molar-refractivity contribution is 6.61. The molecule has 0 aliphatic rings. The summed E-state index contributed by atoms with van der Waals surface area (Å²) in [5.74, 6) is 0.456. The predicted octanol–water partition coefficient (Wildman–Crippen LogP) is 5.06. The monoisotopic (exact) mass is 324 g/mol. The van der Waals surface area contributed by atoms with Crippen LogP contribution < -0.4 is 9.47 Å². The molecular weight excluding hydrogens is 319 g/mol. The molecular formula is C14H6Cl2O5. The van der Waals surface area contributed by atoms with E-state index in [2.05, 4.69) is 0 Å². The molecule has 21 heavy (non-hydrogen) atoms. The van der Waals surface area contributed by atoms with Gasteiger partial charge in [-0.3, -0.25) is 0 Å². The molecule has 0 amide bonds. The van der Waals surface area contributed by atoms with Gasteiger partial charge in [0.05, 0.1) is 0 Å². The number of rotatable bonds is 2. The lowest BCUT2D eigenvalue weighted by Gasteiger charge is -1.99. The zero-order chi connectivity index (χ0) is 15.0. The average molecular weight is 325 g/mol. The Balaban J connectivity index is 2.19. The molecule has 106 valence electrons. The molecule has 3 rings (SSSR count). The van der Waals surface area contributed by atoms with Gasteiger partial charge in [-0.25, -0.2) is 9.59 Å². The zero-order valence-corrected chi connectivity index (χ0v) is 11.8. The second kappa shape index (κ2) is 5.27. The SMILES string of the molecule is O=C(Cl)Oc1ccc2c(c1)oc1c(OC(=O)Cl)cccc12. The molecule has 3 aromatic rings. The molecule has 5 nitrogen and oxygen atoms in total. The predicted molar refractivity (Wildman–Crippen MR) is 77.5 cm³/mol. The van der Waals surface area contributed by atoms with Gasteiger partial charge in [-0.1, -0.05) is 12.1 Å². The number of ether oxygens (including phenoxy) is 2. The molecule has 0 saturated carbocycles. The van der Waals surface area contributed by atoms with Gasteiger partial charge in [0.2, 0.25) is 0 Å². The minimum atomic E-state index is -0.959. The highest BCUT2D eigenvalue weighted by Crippen LogP contribution is 2.36. The van der Waals surface area contributed by atoms with Crippen LogP contribution in [0.2, 0.25) is 0 Å². The van der Waals surface area contributed by atoms with Crippen LogP contribution in [-0.2, 0) is 0 Å². The molecule has 0 bridgehead atoms. The smallest absolute Gasteiger partial charge is 0.409 e. The van der Waals surface area contributed by atoms with E-state index in [-0.39, 0.29) is 11.5 Å². The van der Waals surface area contributed by atoms with Crippen LogP contribution in [0.3, 0.4) is 0 Å². The van der Waals surface area contributed by atoms with Crippen LogP contribution in [0.15, 0.2) is 40.8 Å². The fourth-order valence-corrected chi connectivity index (χ4v) is 2.25. The molecule has 0 saturated heterocycles.